The molecule has 0 saturated carbocycles. The van der Waals surface area contributed by atoms with E-state index in [0.29, 0.717) is 10.6 Å². The van der Waals surface area contributed by atoms with Gasteiger partial charge in [0.15, 0.2) is 0 Å². The first kappa shape index (κ1) is 13.3. The van der Waals surface area contributed by atoms with Crippen LogP contribution >= 0.6 is 11.6 Å². The zero-order chi connectivity index (χ0) is 13.0. The van der Waals surface area contributed by atoms with Crippen molar-refractivity contribution in [2.75, 3.05) is 14.1 Å². The van der Waals surface area contributed by atoms with Crippen LogP contribution in [-0.2, 0) is 4.79 Å². The summed E-state index contributed by atoms with van der Waals surface area (Å²) in [6, 6.07) is 6.09. The molecule has 0 amide bonds. The zero-order valence-electron chi connectivity index (χ0n) is 9.48. The van der Waals surface area contributed by atoms with Gasteiger partial charge in [0.1, 0.15) is 5.57 Å². The summed E-state index contributed by atoms with van der Waals surface area (Å²) in [5, 5.41) is 9.46. The fourth-order valence-electron chi connectivity index (χ4n) is 1.23. The molecule has 1 aromatic carbocycles. The molecule has 1 N–H and O–H groups in total. The maximum absolute atomic E-state index is 11.9. The molecule has 0 spiro atoms. The molecule has 0 aromatic heterocycles. The molecule has 1 rings (SSSR count). The number of carbonyl (C=O) groups is 2. The average molecular weight is 254 g/mol. The fourth-order valence-corrected chi connectivity index (χ4v) is 1.35. The summed E-state index contributed by atoms with van der Waals surface area (Å²) in [5.74, 6) is -1.79. The van der Waals surface area contributed by atoms with Crippen molar-refractivity contribution < 1.29 is 14.7 Å². The number of hydrogen-bond acceptors (Lipinski definition) is 3. The molecule has 0 aliphatic heterocycles. The SMILES string of the molecule is CN(C)/C=C(\C(=O)O)C(=O)c1ccc(Cl)cc1. The van der Waals surface area contributed by atoms with Crippen molar-refractivity contribution in [1.29, 1.82) is 0 Å². The van der Waals surface area contributed by atoms with E-state index in [1.807, 2.05) is 0 Å². The van der Waals surface area contributed by atoms with Gasteiger partial charge in [0.25, 0.3) is 0 Å². The maximum atomic E-state index is 11.9. The average Bonchev–Trinajstić information content (AvgIpc) is 2.25. The van der Waals surface area contributed by atoms with Crippen LogP contribution in [0, 0.1) is 0 Å². The number of ketones is 1. The summed E-state index contributed by atoms with van der Waals surface area (Å²) in [5.41, 5.74) is 0.0159. The Morgan fingerprint density at radius 2 is 1.76 bits per heavy atom. The molecule has 0 radical (unpaired) electrons. The minimum Gasteiger partial charge on any atom is -0.477 e. The molecule has 0 aliphatic rings. The molecular formula is C12H12ClNO3. The molecule has 0 saturated heterocycles. The summed E-state index contributed by atoms with van der Waals surface area (Å²) >= 11 is 5.69. The molecule has 0 bridgehead atoms. The summed E-state index contributed by atoms with van der Waals surface area (Å²) in [6.07, 6.45) is 1.28. The molecule has 0 unspecified atom stereocenters. The van der Waals surface area contributed by atoms with E-state index in [9.17, 15) is 9.59 Å². The van der Waals surface area contributed by atoms with Gasteiger partial charge in [-0.2, -0.15) is 0 Å². The van der Waals surface area contributed by atoms with Crippen LogP contribution < -0.4 is 0 Å². The van der Waals surface area contributed by atoms with Crippen LogP contribution in [0.1, 0.15) is 10.4 Å². The monoisotopic (exact) mass is 253 g/mol. The largest absolute Gasteiger partial charge is 0.477 e. The first-order chi connectivity index (χ1) is 7.91. The molecule has 90 valence electrons. The van der Waals surface area contributed by atoms with Crippen molar-refractivity contribution in [3.8, 4) is 0 Å². The second-order valence-electron chi connectivity index (χ2n) is 3.65. The van der Waals surface area contributed by atoms with Gasteiger partial charge in [-0.3, -0.25) is 4.79 Å². The zero-order valence-corrected chi connectivity index (χ0v) is 10.2. The Morgan fingerprint density at radius 1 is 1.24 bits per heavy atom. The number of carboxylic acids is 1. The minimum absolute atomic E-state index is 0.280. The normalized spacial score (nSPS) is 11.1. The van der Waals surface area contributed by atoms with Gasteiger partial charge in [-0.25, -0.2) is 4.79 Å². The third-order valence-electron chi connectivity index (χ3n) is 1.97. The van der Waals surface area contributed by atoms with E-state index in [4.69, 9.17) is 16.7 Å². The van der Waals surface area contributed by atoms with Gasteiger partial charge >= 0.3 is 5.97 Å². The molecule has 0 aliphatic carbocycles. The van der Waals surface area contributed by atoms with E-state index in [1.165, 1.54) is 23.2 Å². The van der Waals surface area contributed by atoms with Crippen LogP contribution in [-0.4, -0.2) is 35.9 Å². The van der Waals surface area contributed by atoms with E-state index in [-0.39, 0.29) is 5.57 Å². The number of carbonyl (C=O) groups excluding carboxylic acids is 1. The van der Waals surface area contributed by atoms with Gasteiger partial charge in [0.05, 0.1) is 0 Å². The number of rotatable bonds is 4. The number of aliphatic carboxylic acids is 1. The Labute approximate surface area is 104 Å². The van der Waals surface area contributed by atoms with Crippen LogP contribution in [0.5, 0.6) is 0 Å². The van der Waals surface area contributed by atoms with Crippen molar-refractivity contribution in [3.05, 3.63) is 46.6 Å². The standard InChI is InChI=1S/C12H12ClNO3/c1-14(2)7-10(12(16)17)11(15)8-3-5-9(13)6-4-8/h3-7H,1-2H3,(H,16,17)/b10-7-. The second kappa shape index (κ2) is 5.50. The van der Waals surface area contributed by atoms with Crippen molar-refractivity contribution >= 4 is 23.4 Å². The molecule has 5 heteroatoms. The van der Waals surface area contributed by atoms with E-state index < -0.39 is 11.8 Å². The van der Waals surface area contributed by atoms with Gasteiger partial charge in [-0.15, -0.1) is 0 Å². The lowest BCUT2D eigenvalue weighted by atomic mass is 10.0. The number of carboxylic acid groups (broad SMARTS) is 1. The minimum atomic E-state index is -1.25. The van der Waals surface area contributed by atoms with E-state index in [1.54, 1.807) is 26.2 Å². The molecule has 1 aromatic rings. The number of nitrogens with zero attached hydrogens (tertiary/aromatic N) is 1. The summed E-state index contributed by atoms with van der Waals surface area (Å²) in [6.45, 7) is 0. The highest BCUT2D eigenvalue weighted by molar-refractivity contribution is 6.31. The predicted molar refractivity (Wildman–Crippen MR) is 65.2 cm³/mol. The molecule has 0 heterocycles. The van der Waals surface area contributed by atoms with Gasteiger partial charge in [-0.05, 0) is 24.3 Å². The molecular weight excluding hydrogens is 242 g/mol. The van der Waals surface area contributed by atoms with Gasteiger partial charge < -0.3 is 10.0 Å². The third-order valence-corrected chi connectivity index (χ3v) is 2.22. The number of benzene rings is 1. The Kier molecular flexibility index (Phi) is 4.29. The fraction of sp³-hybridized carbons (Fsp3) is 0.167. The molecule has 17 heavy (non-hydrogen) atoms. The van der Waals surface area contributed by atoms with Crippen LogP contribution in [0.15, 0.2) is 36.0 Å². The van der Waals surface area contributed by atoms with Crippen molar-refractivity contribution in [2.45, 2.75) is 0 Å². The second-order valence-corrected chi connectivity index (χ2v) is 4.08. The van der Waals surface area contributed by atoms with Gasteiger partial charge in [0.2, 0.25) is 5.78 Å². The topological polar surface area (TPSA) is 57.6 Å². The highest BCUT2D eigenvalue weighted by Gasteiger charge is 2.19. The van der Waals surface area contributed by atoms with Gasteiger partial charge in [-0.1, -0.05) is 11.6 Å². The number of hydrogen-bond donors (Lipinski definition) is 1. The Balaban J connectivity index is 3.09. The number of halogens is 1. The van der Waals surface area contributed by atoms with Crippen molar-refractivity contribution in [2.24, 2.45) is 0 Å². The summed E-state index contributed by atoms with van der Waals surface area (Å²) in [4.78, 5) is 24.4. The smallest absolute Gasteiger partial charge is 0.341 e. The highest BCUT2D eigenvalue weighted by Crippen LogP contribution is 2.13. The van der Waals surface area contributed by atoms with Crippen molar-refractivity contribution in [1.82, 2.24) is 4.90 Å². The lowest BCUT2D eigenvalue weighted by Crippen LogP contribution is -2.16. The van der Waals surface area contributed by atoms with Crippen LogP contribution in [0.3, 0.4) is 0 Å². The Hall–Kier alpha value is -1.81. The number of Topliss-reactive ketones (excluding diaryl/α,β-unsaturated/α-hetero) is 1. The molecule has 0 atom stereocenters. The van der Waals surface area contributed by atoms with Crippen LogP contribution in [0.25, 0.3) is 0 Å². The van der Waals surface area contributed by atoms with Gasteiger partial charge in [0, 0.05) is 30.9 Å². The van der Waals surface area contributed by atoms with E-state index in [2.05, 4.69) is 0 Å². The van der Waals surface area contributed by atoms with E-state index >= 15 is 0 Å². The van der Waals surface area contributed by atoms with Crippen LogP contribution in [0.4, 0.5) is 0 Å². The van der Waals surface area contributed by atoms with Crippen molar-refractivity contribution in [3.63, 3.8) is 0 Å². The first-order valence-corrected chi connectivity index (χ1v) is 5.21. The lowest BCUT2D eigenvalue weighted by molar-refractivity contribution is -0.132. The molecule has 0 fully saturated rings. The Bertz CT molecular complexity index is 463. The maximum Gasteiger partial charge on any atom is 0.341 e. The van der Waals surface area contributed by atoms with E-state index in [0.717, 1.165) is 0 Å². The lowest BCUT2D eigenvalue weighted by Gasteiger charge is -2.08. The summed E-state index contributed by atoms with van der Waals surface area (Å²) in [7, 11) is 3.30. The Morgan fingerprint density at radius 3 is 2.18 bits per heavy atom. The third kappa shape index (κ3) is 3.60. The highest BCUT2D eigenvalue weighted by atomic mass is 35.5. The predicted octanol–water partition coefficient (Wildman–Crippen LogP) is 2.05. The summed E-state index contributed by atoms with van der Waals surface area (Å²) < 4.78 is 0. The quantitative estimate of drug-likeness (QED) is 0.386. The molecule has 4 nitrogen and oxygen atoms in total. The first-order valence-electron chi connectivity index (χ1n) is 4.83. The van der Waals surface area contributed by atoms with Crippen LogP contribution in [0.2, 0.25) is 5.02 Å².